The van der Waals surface area contributed by atoms with Crippen LogP contribution in [0, 0.1) is 0 Å². The molecule has 0 aromatic heterocycles. The van der Waals surface area contributed by atoms with Gasteiger partial charge in [0.05, 0.1) is 7.11 Å². The van der Waals surface area contributed by atoms with E-state index in [-0.39, 0.29) is 5.91 Å². The summed E-state index contributed by atoms with van der Waals surface area (Å²) in [6.45, 7) is 0. The molecule has 1 aliphatic rings. The smallest absolute Gasteiger partial charge is 0.256 e. The van der Waals surface area contributed by atoms with Crippen molar-refractivity contribution in [2.45, 2.75) is 0 Å². The highest BCUT2D eigenvalue weighted by atomic mass is 35.5. The Kier molecular flexibility index (Phi) is 4.23. The zero-order chi connectivity index (χ0) is 18.1. The highest BCUT2D eigenvalue weighted by molar-refractivity contribution is 6.37. The van der Waals surface area contributed by atoms with Gasteiger partial charge in [-0.3, -0.25) is 4.79 Å². The van der Waals surface area contributed by atoms with Crippen LogP contribution in [-0.2, 0) is 4.79 Å². The summed E-state index contributed by atoms with van der Waals surface area (Å²) in [4.78, 5) is 12.5. The second-order valence-corrected chi connectivity index (χ2v) is 6.43. The predicted molar refractivity (Wildman–Crippen MR) is 106 cm³/mol. The first-order chi connectivity index (χ1) is 12.7. The van der Waals surface area contributed by atoms with E-state index in [4.69, 9.17) is 16.3 Å². The third-order valence-corrected chi connectivity index (χ3v) is 4.75. The first-order valence-corrected chi connectivity index (χ1v) is 8.60. The van der Waals surface area contributed by atoms with Crippen molar-refractivity contribution in [3.8, 4) is 16.9 Å². The van der Waals surface area contributed by atoms with E-state index in [0.29, 0.717) is 10.6 Å². The van der Waals surface area contributed by atoms with E-state index in [1.54, 1.807) is 7.11 Å². The number of ether oxygens (including phenoxy) is 1. The van der Waals surface area contributed by atoms with Gasteiger partial charge in [-0.25, -0.2) is 0 Å². The molecule has 0 radical (unpaired) electrons. The van der Waals surface area contributed by atoms with Crippen molar-refractivity contribution in [2.24, 2.45) is 0 Å². The van der Waals surface area contributed by atoms with E-state index in [9.17, 15) is 4.79 Å². The summed E-state index contributed by atoms with van der Waals surface area (Å²) in [5.74, 6) is 0.675. The van der Waals surface area contributed by atoms with Crippen LogP contribution in [0.15, 0.2) is 66.7 Å². The molecule has 4 rings (SSSR count). The first-order valence-electron chi connectivity index (χ1n) is 8.22. The Hall–Kier alpha value is -3.04. The van der Waals surface area contributed by atoms with Crippen molar-refractivity contribution in [1.29, 1.82) is 0 Å². The van der Waals surface area contributed by atoms with Crippen LogP contribution in [0.2, 0.25) is 5.02 Å². The fraction of sp³-hybridized carbons (Fsp3) is 0.0455. The number of halogens is 1. The molecule has 1 amide bonds. The fourth-order valence-electron chi connectivity index (χ4n) is 3.07. The van der Waals surface area contributed by atoms with E-state index in [2.05, 4.69) is 5.32 Å². The molecule has 1 N–H and O–H groups in total. The lowest BCUT2D eigenvalue weighted by molar-refractivity contribution is -0.110. The maximum atomic E-state index is 12.5. The Morgan fingerprint density at radius 1 is 0.962 bits per heavy atom. The summed E-state index contributed by atoms with van der Waals surface area (Å²) in [7, 11) is 1.65. The van der Waals surface area contributed by atoms with Gasteiger partial charge in [-0.1, -0.05) is 54.1 Å². The number of hydrogen-bond donors (Lipinski definition) is 1. The minimum Gasteiger partial charge on any atom is -0.497 e. The lowest BCUT2D eigenvalue weighted by Gasteiger charge is -2.07. The molecule has 26 heavy (non-hydrogen) atoms. The number of carbonyl (C=O) groups is 1. The minimum absolute atomic E-state index is 0.122. The van der Waals surface area contributed by atoms with Crippen LogP contribution >= 0.6 is 11.6 Å². The van der Waals surface area contributed by atoms with Crippen molar-refractivity contribution in [3.05, 3.63) is 82.9 Å². The van der Waals surface area contributed by atoms with Crippen molar-refractivity contribution in [1.82, 2.24) is 0 Å². The molecular weight excluding hydrogens is 346 g/mol. The standard InChI is InChI=1S/C22H16ClNO2/c1-26-17-7-4-6-14(11-17)15-9-10-18-19(22(25)24-21(18)13-15)12-16-5-2-3-8-20(16)23/h2-13H,1H3,(H,24,25). The average molecular weight is 362 g/mol. The molecule has 0 unspecified atom stereocenters. The van der Waals surface area contributed by atoms with Gasteiger partial charge in [0.25, 0.3) is 5.91 Å². The van der Waals surface area contributed by atoms with Crippen LogP contribution in [-0.4, -0.2) is 13.0 Å². The largest absolute Gasteiger partial charge is 0.497 e. The molecule has 1 aliphatic heterocycles. The number of fused-ring (bicyclic) bond motifs is 1. The third-order valence-electron chi connectivity index (χ3n) is 4.41. The van der Waals surface area contributed by atoms with Crippen LogP contribution in [0.1, 0.15) is 11.1 Å². The van der Waals surface area contributed by atoms with Gasteiger partial charge >= 0.3 is 0 Å². The Bertz CT molecular complexity index is 1040. The van der Waals surface area contributed by atoms with Gasteiger partial charge < -0.3 is 10.1 Å². The molecule has 0 aliphatic carbocycles. The number of hydrogen-bond acceptors (Lipinski definition) is 2. The van der Waals surface area contributed by atoms with Crippen molar-refractivity contribution in [3.63, 3.8) is 0 Å². The molecule has 0 saturated carbocycles. The lowest BCUT2D eigenvalue weighted by atomic mass is 9.99. The Balaban J connectivity index is 1.75. The molecule has 1 heterocycles. The molecular formula is C22H16ClNO2. The van der Waals surface area contributed by atoms with Crippen molar-refractivity contribution in [2.75, 3.05) is 12.4 Å². The molecule has 3 aromatic carbocycles. The van der Waals surface area contributed by atoms with Gasteiger partial charge in [-0.2, -0.15) is 0 Å². The highest BCUT2D eigenvalue weighted by Crippen LogP contribution is 2.37. The predicted octanol–water partition coefficient (Wildman–Crippen LogP) is 5.51. The molecule has 0 bridgehead atoms. The SMILES string of the molecule is COc1cccc(-c2ccc3c(c2)NC(=O)C3=Cc2ccccc2Cl)c1. The second-order valence-electron chi connectivity index (χ2n) is 6.03. The van der Waals surface area contributed by atoms with Crippen molar-refractivity contribution < 1.29 is 9.53 Å². The minimum atomic E-state index is -0.122. The Morgan fingerprint density at radius 2 is 1.77 bits per heavy atom. The highest BCUT2D eigenvalue weighted by Gasteiger charge is 2.24. The van der Waals surface area contributed by atoms with Crippen LogP contribution in [0.4, 0.5) is 5.69 Å². The molecule has 0 atom stereocenters. The van der Waals surface area contributed by atoms with E-state index < -0.39 is 0 Å². The summed E-state index contributed by atoms with van der Waals surface area (Å²) in [5.41, 5.74) is 5.16. The van der Waals surface area contributed by atoms with Gasteiger partial charge in [0.2, 0.25) is 0 Å². The van der Waals surface area contributed by atoms with Gasteiger partial charge in [-0.05, 0) is 47.0 Å². The second kappa shape index (κ2) is 6.70. The normalized spacial score (nSPS) is 14.2. The van der Waals surface area contributed by atoms with E-state index >= 15 is 0 Å². The molecule has 4 heteroatoms. The maximum absolute atomic E-state index is 12.5. The first kappa shape index (κ1) is 16.4. The number of carbonyl (C=O) groups excluding carboxylic acids is 1. The van der Waals surface area contributed by atoms with Crippen LogP contribution in [0.25, 0.3) is 22.8 Å². The number of nitrogens with one attached hydrogen (secondary N) is 1. The van der Waals surface area contributed by atoms with Gasteiger partial charge in [0.1, 0.15) is 5.75 Å². The van der Waals surface area contributed by atoms with Crippen LogP contribution < -0.4 is 10.1 Å². The molecule has 0 fully saturated rings. The third kappa shape index (κ3) is 2.98. The molecule has 0 saturated heterocycles. The number of rotatable bonds is 3. The monoisotopic (exact) mass is 361 g/mol. The number of anilines is 1. The quantitative estimate of drug-likeness (QED) is 0.625. The fourth-order valence-corrected chi connectivity index (χ4v) is 3.26. The summed E-state index contributed by atoms with van der Waals surface area (Å²) in [5, 5.41) is 3.56. The van der Waals surface area contributed by atoms with Gasteiger partial charge in [-0.15, -0.1) is 0 Å². The van der Waals surface area contributed by atoms with Gasteiger partial charge in [0.15, 0.2) is 0 Å². The maximum Gasteiger partial charge on any atom is 0.256 e. The summed E-state index contributed by atoms with van der Waals surface area (Å²) in [6.07, 6.45) is 1.83. The summed E-state index contributed by atoms with van der Waals surface area (Å²) >= 11 is 6.22. The summed E-state index contributed by atoms with van der Waals surface area (Å²) < 4.78 is 5.29. The Morgan fingerprint density at radius 3 is 2.58 bits per heavy atom. The van der Waals surface area contributed by atoms with E-state index in [1.807, 2.05) is 72.8 Å². The van der Waals surface area contributed by atoms with Gasteiger partial charge in [0, 0.05) is 21.8 Å². The molecule has 3 nitrogen and oxygen atoms in total. The zero-order valence-electron chi connectivity index (χ0n) is 14.1. The topological polar surface area (TPSA) is 38.3 Å². The van der Waals surface area contributed by atoms with E-state index in [1.165, 1.54) is 0 Å². The number of methoxy groups -OCH3 is 1. The van der Waals surface area contributed by atoms with Crippen LogP contribution in [0.3, 0.4) is 0 Å². The van der Waals surface area contributed by atoms with E-state index in [0.717, 1.165) is 33.7 Å². The lowest BCUT2D eigenvalue weighted by Crippen LogP contribution is -2.03. The average Bonchev–Trinajstić information content (AvgIpc) is 2.98. The molecule has 3 aromatic rings. The molecule has 0 spiro atoms. The summed E-state index contributed by atoms with van der Waals surface area (Å²) in [6, 6.07) is 21.3. The van der Waals surface area contributed by atoms with Crippen LogP contribution in [0.5, 0.6) is 5.75 Å². The Labute approximate surface area is 156 Å². The molecule has 128 valence electrons. The number of benzene rings is 3. The zero-order valence-corrected chi connectivity index (χ0v) is 14.9. The van der Waals surface area contributed by atoms with Crippen molar-refractivity contribution >= 4 is 34.8 Å². The number of amides is 1.